The molecule has 1 saturated heterocycles. The Morgan fingerprint density at radius 3 is 2.83 bits per heavy atom. The van der Waals surface area contributed by atoms with Gasteiger partial charge >= 0.3 is 0 Å². The molecule has 1 fully saturated rings. The van der Waals surface area contributed by atoms with E-state index < -0.39 is 10.0 Å². The number of rotatable bonds is 4. The second-order valence-electron chi connectivity index (χ2n) is 7.86. The molecular weight excluding hydrogens is 410 g/mol. The topological polar surface area (TPSA) is 83.7 Å². The van der Waals surface area contributed by atoms with Crippen LogP contribution in [0.1, 0.15) is 54.1 Å². The molecule has 2 aromatic rings. The lowest BCUT2D eigenvalue weighted by Gasteiger charge is -2.40. The molecule has 0 spiro atoms. The van der Waals surface area contributed by atoms with Crippen LogP contribution in [-0.4, -0.2) is 48.3 Å². The average molecular weight is 438 g/mol. The van der Waals surface area contributed by atoms with E-state index in [1.807, 2.05) is 4.90 Å². The normalized spacial score (nSPS) is 23.2. The lowest BCUT2D eigenvalue weighted by molar-refractivity contribution is -0.139. The minimum absolute atomic E-state index is 0.0763. The quantitative estimate of drug-likeness (QED) is 0.733. The number of carbonyl (C=O) groups excluding carboxylic acids is 1. The van der Waals surface area contributed by atoms with Crippen LogP contribution in [0.3, 0.4) is 0 Å². The van der Waals surface area contributed by atoms with E-state index in [1.165, 1.54) is 14.7 Å². The first-order valence-corrected chi connectivity index (χ1v) is 12.5. The number of sulfonamides is 1. The Kier molecular flexibility index (Phi) is 5.56. The molecule has 29 heavy (non-hydrogen) atoms. The first-order valence-electron chi connectivity index (χ1n) is 10.1. The minimum atomic E-state index is -3.73. The Labute approximate surface area is 175 Å². The maximum atomic E-state index is 13.4. The number of amides is 1. The zero-order valence-corrected chi connectivity index (χ0v) is 18.7. The highest BCUT2D eigenvalue weighted by atomic mass is 32.2. The Morgan fingerprint density at radius 1 is 1.34 bits per heavy atom. The zero-order valence-electron chi connectivity index (χ0n) is 17.1. The van der Waals surface area contributed by atoms with Crippen LogP contribution in [0.15, 0.2) is 20.9 Å². The Balaban J connectivity index is 1.55. The second kappa shape index (κ2) is 7.85. The number of thiophene rings is 1. The lowest BCUT2D eigenvalue weighted by atomic mass is 9.93. The third kappa shape index (κ3) is 3.53. The summed E-state index contributed by atoms with van der Waals surface area (Å²) >= 11 is 1.76. The molecule has 9 heteroatoms. The standard InChI is InChI=1S/C20H27N3O4S2/c1-4-17-16-8-11-28-18(16)7-10-23(17)20(24)15-6-5-9-22(12-15)29(25,26)19-13(2)21-27-14(19)3/h8,11,15,17H,4-7,9-10,12H2,1-3H3. The molecule has 1 amide bonds. The van der Waals surface area contributed by atoms with Crippen LogP contribution in [-0.2, 0) is 21.2 Å². The van der Waals surface area contributed by atoms with Gasteiger partial charge in [0.15, 0.2) is 5.76 Å². The maximum absolute atomic E-state index is 13.4. The predicted molar refractivity (Wildman–Crippen MR) is 110 cm³/mol. The average Bonchev–Trinajstić information content (AvgIpc) is 3.33. The van der Waals surface area contributed by atoms with Gasteiger partial charge in [-0.3, -0.25) is 4.79 Å². The molecule has 2 aliphatic heterocycles. The van der Waals surface area contributed by atoms with Crippen molar-refractivity contribution in [3.63, 3.8) is 0 Å². The summed E-state index contributed by atoms with van der Waals surface area (Å²) in [5.41, 5.74) is 1.62. The number of aryl methyl sites for hydroxylation is 2. The molecule has 4 heterocycles. The van der Waals surface area contributed by atoms with Gasteiger partial charge in [-0.2, -0.15) is 4.31 Å². The highest BCUT2D eigenvalue weighted by Gasteiger charge is 2.40. The smallest absolute Gasteiger partial charge is 0.248 e. The SMILES string of the molecule is CCC1c2ccsc2CCN1C(=O)C1CCCN(S(=O)(=O)c2c(C)noc2C)C1. The molecule has 0 N–H and O–H groups in total. The fourth-order valence-electron chi connectivity index (χ4n) is 4.67. The van der Waals surface area contributed by atoms with Gasteiger partial charge in [0, 0.05) is 24.5 Å². The van der Waals surface area contributed by atoms with E-state index in [0.29, 0.717) is 31.0 Å². The summed E-state index contributed by atoms with van der Waals surface area (Å²) in [6.45, 7) is 6.69. The molecule has 2 unspecified atom stereocenters. The van der Waals surface area contributed by atoms with Crippen molar-refractivity contribution in [1.29, 1.82) is 0 Å². The van der Waals surface area contributed by atoms with Crippen LogP contribution in [0.4, 0.5) is 0 Å². The monoisotopic (exact) mass is 437 g/mol. The first-order chi connectivity index (χ1) is 13.8. The van der Waals surface area contributed by atoms with Crippen molar-refractivity contribution in [1.82, 2.24) is 14.4 Å². The van der Waals surface area contributed by atoms with E-state index in [9.17, 15) is 13.2 Å². The highest BCUT2D eigenvalue weighted by Crippen LogP contribution is 2.37. The Hall–Kier alpha value is -1.71. The van der Waals surface area contributed by atoms with Crippen LogP contribution in [0.2, 0.25) is 0 Å². The van der Waals surface area contributed by atoms with E-state index in [2.05, 4.69) is 23.5 Å². The summed E-state index contributed by atoms with van der Waals surface area (Å²) in [4.78, 5) is 16.9. The van der Waals surface area contributed by atoms with Crippen molar-refractivity contribution < 1.29 is 17.7 Å². The number of aromatic nitrogens is 1. The van der Waals surface area contributed by atoms with Crippen molar-refractivity contribution in [2.75, 3.05) is 19.6 Å². The second-order valence-corrected chi connectivity index (χ2v) is 10.7. The molecule has 2 atom stereocenters. The molecule has 2 aliphatic rings. The minimum Gasteiger partial charge on any atom is -0.360 e. The van der Waals surface area contributed by atoms with Crippen molar-refractivity contribution in [2.45, 2.75) is 57.4 Å². The van der Waals surface area contributed by atoms with Crippen LogP contribution < -0.4 is 0 Å². The fraction of sp³-hybridized carbons (Fsp3) is 0.600. The van der Waals surface area contributed by atoms with Gasteiger partial charge in [-0.25, -0.2) is 8.42 Å². The summed E-state index contributed by atoms with van der Waals surface area (Å²) in [5.74, 6) is 0.0589. The fourth-order valence-corrected chi connectivity index (χ4v) is 7.41. The largest absolute Gasteiger partial charge is 0.360 e. The molecule has 2 aromatic heterocycles. The third-order valence-electron chi connectivity index (χ3n) is 6.06. The molecule has 0 aliphatic carbocycles. The molecule has 4 rings (SSSR count). The van der Waals surface area contributed by atoms with Crippen molar-refractivity contribution in [2.24, 2.45) is 5.92 Å². The predicted octanol–water partition coefficient (Wildman–Crippen LogP) is 3.29. The van der Waals surface area contributed by atoms with Gasteiger partial charge in [0.1, 0.15) is 10.6 Å². The van der Waals surface area contributed by atoms with Crippen molar-refractivity contribution in [3.8, 4) is 0 Å². The van der Waals surface area contributed by atoms with Crippen LogP contribution in [0.5, 0.6) is 0 Å². The third-order valence-corrected chi connectivity index (χ3v) is 9.17. The summed E-state index contributed by atoms with van der Waals surface area (Å²) < 4.78 is 32.9. The van der Waals surface area contributed by atoms with Crippen molar-refractivity contribution >= 4 is 27.3 Å². The number of nitrogens with zero attached hydrogens (tertiary/aromatic N) is 3. The van der Waals surface area contributed by atoms with E-state index >= 15 is 0 Å². The number of fused-ring (bicyclic) bond motifs is 1. The van der Waals surface area contributed by atoms with E-state index in [-0.39, 0.29) is 29.3 Å². The summed E-state index contributed by atoms with van der Waals surface area (Å²) in [6.07, 6.45) is 3.13. The Morgan fingerprint density at radius 2 is 2.14 bits per heavy atom. The van der Waals surface area contributed by atoms with E-state index in [4.69, 9.17) is 4.52 Å². The van der Waals surface area contributed by atoms with Crippen LogP contribution in [0.25, 0.3) is 0 Å². The van der Waals surface area contributed by atoms with Gasteiger partial charge in [0.25, 0.3) is 0 Å². The molecular formula is C20H27N3O4S2. The van der Waals surface area contributed by atoms with Gasteiger partial charge in [-0.05, 0) is 56.5 Å². The number of hydrogen-bond donors (Lipinski definition) is 0. The molecule has 0 aromatic carbocycles. The van der Waals surface area contributed by atoms with Gasteiger partial charge in [-0.1, -0.05) is 12.1 Å². The molecule has 7 nitrogen and oxygen atoms in total. The van der Waals surface area contributed by atoms with Crippen molar-refractivity contribution in [3.05, 3.63) is 33.3 Å². The molecule has 0 saturated carbocycles. The summed E-state index contributed by atoms with van der Waals surface area (Å²) in [6, 6.07) is 2.22. The first kappa shape index (κ1) is 20.6. The van der Waals surface area contributed by atoms with E-state index in [0.717, 1.165) is 19.3 Å². The molecule has 0 bridgehead atoms. The summed E-state index contributed by atoms with van der Waals surface area (Å²) in [7, 11) is -3.73. The Bertz CT molecular complexity index is 991. The molecule has 0 radical (unpaired) electrons. The number of piperidine rings is 1. The van der Waals surface area contributed by atoms with Crippen LogP contribution >= 0.6 is 11.3 Å². The van der Waals surface area contributed by atoms with Gasteiger partial charge in [-0.15, -0.1) is 11.3 Å². The number of hydrogen-bond acceptors (Lipinski definition) is 6. The van der Waals surface area contributed by atoms with E-state index in [1.54, 1.807) is 25.2 Å². The lowest BCUT2D eigenvalue weighted by Crippen LogP contribution is -2.49. The van der Waals surface area contributed by atoms with Crippen LogP contribution in [0, 0.1) is 19.8 Å². The summed E-state index contributed by atoms with van der Waals surface area (Å²) in [5, 5.41) is 5.88. The van der Waals surface area contributed by atoms with Gasteiger partial charge in [0.05, 0.1) is 12.0 Å². The zero-order chi connectivity index (χ0) is 20.8. The van der Waals surface area contributed by atoms with Gasteiger partial charge in [0.2, 0.25) is 15.9 Å². The maximum Gasteiger partial charge on any atom is 0.248 e. The highest BCUT2D eigenvalue weighted by molar-refractivity contribution is 7.89. The number of carbonyl (C=O) groups is 1. The molecule has 158 valence electrons. The van der Waals surface area contributed by atoms with Gasteiger partial charge < -0.3 is 9.42 Å².